The number of aryl methyl sites for hydroxylation is 1. The molecule has 0 bridgehead atoms. The van der Waals surface area contributed by atoms with Crippen molar-refractivity contribution in [2.24, 2.45) is 0 Å². The van der Waals surface area contributed by atoms with Crippen LogP contribution in [0.2, 0.25) is 0 Å². The Bertz CT molecular complexity index is 968. The summed E-state index contributed by atoms with van der Waals surface area (Å²) >= 11 is 0. The van der Waals surface area contributed by atoms with Crippen LogP contribution < -0.4 is 10.6 Å². The third-order valence-electron chi connectivity index (χ3n) is 4.46. The fourth-order valence-electron chi connectivity index (χ4n) is 3.18. The molecule has 0 unspecified atom stereocenters. The monoisotopic (exact) mass is 369 g/mol. The Morgan fingerprint density at radius 3 is 2.44 bits per heavy atom. The molecule has 27 heavy (non-hydrogen) atoms. The number of nitrogens with one attached hydrogen (secondary N) is 2. The number of carbonyl (C=O) groups excluding carboxylic acids is 1. The average molecular weight is 369 g/mol. The van der Waals surface area contributed by atoms with Crippen LogP contribution >= 0.6 is 0 Å². The number of para-hydroxylation sites is 1. The van der Waals surface area contributed by atoms with Crippen molar-refractivity contribution in [2.75, 3.05) is 18.4 Å². The number of amides is 1. The summed E-state index contributed by atoms with van der Waals surface area (Å²) in [5, 5.41) is 6.90. The van der Waals surface area contributed by atoms with Gasteiger partial charge in [0.05, 0.1) is 5.52 Å². The molecule has 0 aliphatic rings. The highest BCUT2D eigenvalue weighted by molar-refractivity contribution is 5.95. The molecule has 4 nitrogen and oxygen atoms in total. The Morgan fingerprint density at radius 2 is 1.74 bits per heavy atom. The molecule has 0 fully saturated rings. The summed E-state index contributed by atoms with van der Waals surface area (Å²) in [7, 11) is 0. The normalized spacial score (nSPS) is 10.8. The number of hydrogen-bond acceptors (Lipinski definition) is 3. The van der Waals surface area contributed by atoms with Gasteiger partial charge < -0.3 is 10.6 Å². The van der Waals surface area contributed by atoms with E-state index in [1.54, 1.807) is 0 Å². The van der Waals surface area contributed by atoms with Crippen LogP contribution in [0.3, 0.4) is 0 Å². The van der Waals surface area contributed by atoms with Crippen molar-refractivity contribution in [1.82, 2.24) is 10.3 Å². The van der Waals surface area contributed by atoms with Gasteiger partial charge in [-0.15, -0.1) is 0 Å². The van der Waals surface area contributed by atoms with E-state index in [9.17, 15) is 13.6 Å². The molecule has 2 N–H and O–H groups in total. The summed E-state index contributed by atoms with van der Waals surface area (Å²) in [6.07, 6.45) is 0.818. The van der Waals surface area contributed by atoms with Crippen LogP contribution in [0.1, 0.15) is 28.5 Å². The lowest BCUT2D eigenvalue weighted by Gasteiger charge is -2.16. The van der Waals surface area contributed by atoms with E-state index in [0.29, 0.717) is 6.54 Å². The lowest BCUT2D eigenvalue weighted by molar-refractivity contribution is 0.0947. The van der Waals surface area contributed by atoms with Gasteiger partial charge in [0.1, 0.15) is 17.2 Å². The van der Waals surface area contributed by atoms with Gasteiger partial charge >= 0.3 is 0 Å². The highest BCUT2D eigenvalue weighted by Crippen LogP contribution is 2.28. The Kier molecular flexibility index (Phi) is 5.64. The zero-order chi connectivity index (χ0) is 19.4. The first kappa shape index (κ1) is 18.8. The lowest BCUT2D eigenvalue weighted by Crippen LogP contribution is -2.30. The zero-order valence-electron chi connectivity index (χ0n) is 15.3. The van der Waals surface area contributed by atoms with Crippen molar-refractivity contribution >= 4 is 22.5 Å². The number of anilines is 1. The minimum absolute atomic E-state index is 0.228. The molecule has 1 heterocycles. The molecule has 140 valence electrons. The first-order valence-electron chi connectivity index (χ1n) is 8.87. The van der Waals surface area contributed by atoms with Gasteiger partial charge in [0.15, 0.2) is 0 Å². The largest absolute Gasteiger partial charge is 0.382 e. The minimum atomic E-state index is -0.871. The summed E-state index contributed by atoms with van der Waals surface area (Å²) in [6, 6.07) is 11.2. The summed E-state index contributed by atoms with van der Waals surface area (Å²) in [5.41, 5.74) is 3.38. The Balaban J connectivity index is 1.72. The molecule has 6 heteroatoms. The van der Waals surface area contributed by atoms with E-state index in [2.05, 4.69) is 22.5 Å². The van der Waals surface area contributed by atoms with Gasteiger partial charge in [-0.25, -0.2) is 8.78 Å². The maximum absolute atomic E-state index is 13.7. The first-order chi connectivity index (χ1) is 13.0. The number of rotatable bonds is 6. The van der Waals surface area contributed by atoms with Crippen LogP contribution in [0.5, 0.6) is 0 Å². The second kappa shape index (κ2) is 8.12. The van der Waals surface area contributed by atoms with Crippen molar-refractivity contribution in [1.29, 1.82) is 0 Å². The molecule has 1 aromatic heterocycles. The molecule has 2 aromatic carbocycles. The van der Waals surface area contributed by atoms with Crippen LogP contribution in [-0.2, 0) is 6.42 Å². The van der Waals surface area contributed by atoms with Gasteiger partial charge in [-0.3, -0.25) is 9.78 Å². The van der Waals surface area contributed by atoms with Crippen molar-refractivity contribution < 1.29 is 13.6 Å². The average Bonchev–Trinajstić information content (AvgIpc) is 2.64. The van der Waals surface area contributed by atoms with Crippen LogP contribution in [0.15, 0.2) is 42.5 Å². The molecular weight excluding hydrogens is 348 g/mol. The van der Waals surface area contributed by atoms with Crippen LogP contribution in [0.4, 0.5) is 14.5 Å². The van der Waals surface area contributed by atoms with Crippen molar-refractivity contribution in [3.05, 3.63) is 70.9 Å². The second-order valence-corrected chi connectivity index (χ2v) is 6.20. The van der Waals surface area contributed by atoms with Gasteiger partial charge in [0.2, 0.25) is 0 Å². The molecule has 0 aliphatic heterocycles. The minimum Gasteiger partial charge on any atom is -0.382 e. The Hall–Kier alpha value is -3.02. The zero-order valence-corrected chi connectivity index (χ0v) is 15.3. The molecule has 0 saturated heterocycles. The predicted octanol–water partition coefficient (Wildman–Crippen LogP) is 4.23. The van der Waals surface area contributed by atoms with Crippen LogP contribution in [-0.4, -0.2) is 24.0 Å². The fourth-order valence-corrected chi connectivity index (χ4v) is 3.18. The molecule has 0 radical (unpaired) electrons. The van der Waals surface area contributed by atoms with Gasteiger partial charge in [0, 0.05) is 29.9 Å². The summed E-state index contributed by atoms with van der Waals surface area (Å²) < 4.78 is 27.3. The molecule has 3 rings (SSSR count). The standard InChI is InChI=1S/C21H21F2N3O/c1-3-14-13(2)26-18-10-5-4-7-15(18)20(14)24-11-12-25-21(27)19-16(22)8-6-9-17(19)23/h4-10H,3,11-12H2,1-2H3,(H,24,26)(H,25,27). The molecule has 0 atom stereocenters. The highest BCUT2D eigenvalue weighted by Gasteiger charge is 2.16. The maximum atomic E-state index is 13.7. The fraction of sp³-hybridized carbons (Fsp3) is 0.238. The quantitative estimate of drug-likeness (QED) is 0.640. The number of benzene rings is 2. The Labute approximate surface area is 156 Å². The van der Waals surface area contributed by atoms with E-state index in [4.69, 9.17) is 0 Å². The highest BCUT2D eigenvalue weighted by atomic mass is 19.1. The number of carbonyl (C=O) groups is 1. The van der Waals surface area contributed by atoms with Crippen molar-refractivity contribution in [2.45, 2.75) is 20.3 Å². The van der Waals surface area contributed by atoms with E-state index >= 15 is 0 Å². The Morgan fingerprint density at radius 1 is 1.04 bits per heavy atom. The SMILES string of the molecule is CCc1c(C)nc2ccccc2c1NCCNC(=O)c1c(F)cccc1F. The number of hydrogen-bond donors (Lipinski definition) is 2. The third kappa shape index (κ3) is 3.89. The van der Waals surface area contributed by atoms with Crippen LogP contribution in [0, 0.1) is 18.6 Å². The van der Waals surface area contributed by atoms with E-state index < -0.39 is 23.1 Å². The van der Waals surface area contributed by atoms with Gasteiger partial charge in [-0.2, -0.15) is 0 Å². The number of fused-ring (bicyclic) bond motifs is 1. The number of nitrogens with zero attached hydrogens (tertiary/aromatic N) is 1. The summed E-state index contributed by atoms with van der Waals surface area (Å²) in [5.74, 6) is -2.51. The number of aromatic nitrogens is 1. The number of pyridine rings is 1. The molecular formula is C21H21F2N3O. The molecule has 3 aromatic rings. The lowest BCUT2D eigenvalue weighted by atomic mass is 10.0. The van der Waals surface area contributed by atoms with E-state index in [1.165, 1.54) is 6.07 Å². The molecule has 0 saturated carbocycles. The van der Waals surface area contributed by atoms with Crippen molar-refractivity contribution in [3.63, 3.8) is 0 Å². The predicted molar refractivity (Wildman–Crippen MR) is 103 cm³/mol. The van der Waals surface area contributed by atoms with Gasteiger partial charge in [0.25, 0.3) is 5.91 Å². The van der Waals surface area contributed by atoms with E-state index in [0.717, 1.165) is 46.4 Å². The van der Waals surface area contributed by atoms with Crippen LogP contribution in [0.25, 0.3) is 10.9 Å². The second-order valence-electron chi connectivity index (χ2n) is 6.20. The maximum Gasteiger partial charge on any atom is 0.257 e. The summed E-state index contributed by atoms with van der Waals surface area (Å²) in [6.45, 7) is 4.68. The first-order valence-corrected chi connectivity index (χ1v) is 8.87. The summed E-state index contributed by atoms with van der Waals surface area (Å²) in [4.78, 5) is 16.7. The van der Waals surface area contributed by atoms with Gasteiger partial charge in [-0.05, 0) is 37.1 Å². The van der Waals surface area contributed by atoms with E-state index in [-0.39, 0.29) is 6.54 Å². The molecule has 0 spiro atoms. The molecule has 0 aliphatic carbocycles. The van der Waals surface area contributed by atoms with Crippen molar-refractivity contribution in [3.8, 4) is 0 Å². The third-order valence-corrected chi connectivity index (χ3v) is 4.46. The smallest absolute Gasteiger partial charge is 0.257 e. The topological polar surface area (TPSA) is 54.0 Å². The molecule has 1 amide bonds. The van der Waals surface area contributed by atoms with Gasteiger partial charge in [-0.1, -0.05) is 31.2 Å². The van der Waals surface area contributed by atoms with E-state index in [1.807, 2.05) is 31.2 Å². The number of halogens is 2.